The highest BCUT2D eigenvalue weighted by Crippen LogP contribution is 2.44. The molecule has 0 atom stereocenters. The Hall–Kier alpha value is -1.55. The quantitative estimate of drug-likeness (QED) is 0.931. The van der Waals surface area contributed by atoms with Gasteiger partial charge in [0.1, 0.15) is 5.82 Å². The van der Waals surface area contributed by atoms with Gasteiger partial charge in [-0.1, -0.05) is 12.1 Å². The lowest BCUT2D eigenvalue weighted by Gasteiger charge is -2.35. The molecule has 0 aliphatic heterocycles. The predicted molar refractivity (Wildman–Crippen MR) is 76.4 cm³/mol. The number of anilines is 1. The van der Waals surface area contributed by atoms with E-state index in [0.29, 0.717) is 12.0 Å². The summed E-state index contributed by atoms with van der Waals surface area (Å²) in [6.45, 7) is 0. The van der Waals surface area contributed by atoms with E-state index in [2.05, 4.69) is 10.4 Å². The molecule has 0 spiro atoms. The number of halogens is 2. The highest BCUT2D eigenvalue weighted by Gasteiger charge is 2.32. The van der Waals surface area contributed by atoms with Crippen LogP contribution in [0, 0.1) is 5.82 Å². The standard InChI is InChI=1S/C14H16FN3.ClH/c1-16-13-8-17-18(9-13)14-6-11(7-14)10-2-4-12(15)5-3-10;/h2-5,8-9,11,14,16H,6-7H2,1H3;1H/t11-,14-;. The van der Waals surface area contributed by atoms with Crippen molar-refractivity contribution < 1.29 is 4.39 Å². The zero-order chi connectivity index (χ0) is 12.5. The molecule has 0 radical (unpaired) electrons. The van der Waals surface area contributed by atoms with Crippen LogP contribution in [0.5, 0.6) is 0 Å². The summed E-state index contributed by atoms with van der Waals surface area (Å²) in [5.74, 6) is 0.373. The molecule has 1 aromatic carbocycles. The number of nitrogens with zero attached hydrogens (tertiary/aromatic N) is 2. The molecule has 3 rings (SSSR count). The van der Waals surface area contributed by atoms with E-state index in [1.807, 2.05) is 36.3 Å². The normalized spacial score (nSPS) is 21.4. The second-order valence-electron chi connectivity index (χ2n) is 4.83. The summed E-state index contributed by atoms with van der Waals surface area (Å²) in [6, 6.07) is 7.32. The smallest absolute Gasteiger partial charge is 0.123 e. The Balaban J connectivity index is 0.00000133. The molecule has 102 valence electrons. The Morgan fingerprint density at radius 2 is 1.95 bits per heavy atom. The van der Waals surface area contributed by atoms with Crippen LogP contribution in [0.1, 0.15) is 30.4 Å². The molecule has 1 saturated carbocycles. The second kappa shape index (κ2) is 5.61. The number of hydrogen-bond donors (Lipinski definition) is 1. The van der Waals surface area contributed by atoms with Gasteiger partial charge in [0.15, 0.2) is 0 Å². The van der Waals surface area contributed by atoms with E-state index < -0.39 is 0 Å². The van der Waals surface area contributed by atoms with E-state index in [-0.39, 0.29) is 18.2 Å². The minimum atomic E-state index is -0.166. The fraction of sp³-hybridized carbons (Fsp3) is 0.357. The van der Waals surface area contributed by atoms with Gasteiger partial charge >= 0.3 is 0 Å². The fourth-order valence-corrected chi connectivity index (χ4v) is 2.48. The summed E-state index contributed by atoms with van der Waals surface area (Å²) in [4.78, 5) is 0. The topological polar surface area (TPSA) is 29.9 Å². The van der Waals surface area contributed by atoms with Gasteiger partial charge in [0.2, 0.25) is 0 Å². The van der Waals surface area contributed by atoms with Crippen molar-refractivity contribution in [1.82, 2.24) is 9.78 Å². The van der Waals surface area contributed by atoms with Crippen LogP contribution in [0.25, 0.3) is 0 Å². The maximum absolute atomic E-state index is 12.8. The van der Waals surface area contributed by atoms with Gasteiger partial charge in [0.25, 0.3) is 0 Å². The van der Waals surface area contributed by atoms with Crippen LogP contribution in [0.15, 0.2) is 36.7 Å². The van der Waals surface area contributed by atoms with Gasteiger partial charge in [-0.25, -0.2) is 4.39 Å². The largest absolute Gasteiger partial charge is 0.386 e. The first-order valence-corrected chi connectivity index (χ1v) is 6.23. The Morgan fingerprint density at radius 1 is 1.26 bits per heavy atom. The van der Waals surface area contributed by atoms with Crippen molar-refractivity contribution in [3.05, 3.63) is 48.0 Å². The number of benzene rings is 1. The zero-order valence-electron chi connectivity index (χ0n) is 10.7. The van der Waals surface area contributed by atoms with Crippen molar-refractivity contribution in [3.63, 3.8) is 0 Å². The molecule has 1 heterocycles. The first-order valence-electron chi connectivity index (χ1n) is 6.23. The number of aromatic nitrogens is 2. The Bertz CT molecular complexity index is 532. The van der Waals surface area contributed by atoms with E-state index in [0.717, 1.165) is 18.5 Å². The minimum Gasteiger partial charge on any atom is -0.386 e. The molecule has 0 amide bonds. The zero-order valence-corrected chi connectivity index (χ0v) is 11.5. The van der Waals surface area contributed by atoms with Crippen LogP contribution in [0.3, 0.4) is 0 Å². The summed E-state index contributed by atoms with van der Waals surface area (Å²) in [7, 11) is 1.89. The maximum Gasteiger partial charge on any atom is 0.123 e. The lowest BCUT2D eigenvalue weighted by atomic mass is 9.76. The summed E-state index contributed by atoms with van der Waals surface area (Å²) < 4.78 is 14.9. The van der Waals surface area contributed by atoms with Gasteiger partial charge in [0, 0.05) is 13.2 Å². The van der Waals surface area contributed by atoms with Gasteiger partial charge in [-0.05, 0) is 36.5 Å². The molecule has 0 bridgehead atoms. The number of hydrogen-bond acceptors (Lipinski definition) is 2. The highest BCUT2D eigenvalue weighted by atomic mass is 35.5. The molecule has 0 saturated heterocycles. The monoisotopic (exact) mass is 281 g/mol. The molecule has 1 aliphatic carbocycles. The van der Waals surface area contributed by atoms with Crippen LogP contribution in [-0.4, -0.2) is 16.8 Å². The predicted octanol–water partition coefficient (Wildman–Crippen LogP) is 3.60. The molecule has 3 nitrogen and oxygen atoms in total. The van der Waals surface area contributed by atoms with Crippen molar-refractivity contribution in [2.24, 2.45) is 0 Å². The van der Waals surface area contributed by atoms with E-state index in [4.69, 9.17) is 0 Å². The van der Waals surface area contributed by atoms with E-state index in [1.54, 1.807) is 0 Å². The molecule has 19 heavy (non-hydrogen) atoms. The van der Waals surface area contributed by atoms with E-state index in [9.17, 15) is 4.39 Å². The average molecular weight is 282 g/mol. The van der Waals surface area contributed by atoms with Gasteiger partial charge in [0.05, 0.1) is 17.9 Å². The minimum absolute atomic E-state index is 0. The molecule has 1 fully saturated rings. The van der Waals surface area contributed by atoms with Crippen LogP contribution in [-0.2, 0) is 0 Å². The third-order valence-corrected chi connectivity index (χ3v) is 3.72. The number of nitrogens with one attached hydrogen (secondary N) is 1. The highest BCUT2D eigenvalue weighted by molar-refractivity contribution is 5.85. The van der Waals surface area contributed by atoms with Crippen molar-refractivity contribution in [2.75, 3.05) is 12.4 Å². The molecular weight excluding hydrogens is 265 g/mol. The fourth-order valence-electron chi connectivity index (χ4n) is 2.48. The molecule has 5 heteroatoms. The summed E-state index contributed by atoms with van der Waals surface area (Å²) in [6.07, 6.45) is 6.03. The molecule has 1 N–H and O–H groups in total. The van der Waals surface area contributed by atoms with Gasteiger partial charge in [-0.15, -0.1) is 12.4 Å². The number of rotatable bonds is 3. The molecule has 0 unspecified atom stereocenters. The van der Waals surface area contributed by atoms with Crippen LogP contribution in [0.2, 0.25) is 0 Å². The van der Waals surface area contributed by atoms with Crippen molar-refractivity contribution >= 4 is 18.1 Å². The van der Waals surface area contributed by atoms with Gasteiger partial charge in [-0.2, -0.15) is 5.10 Å². The Morgan fingerprint density at radius 3 is 2.53 bits per heavy atom. The van der Waals surface area contributed by atoms with E-state index in [1.165, 1.54) is 17.7 Å². The first-order chi connectivity index (χ1) is 8.76. The molecule has 2 aromatic rings. The molecule has 1 aliphatic rings. The first kappa shape index (κ1) is 13.9. The summed E-state index contributed by atoms with van der Waals surface area (Å²) in [5, 5.41) is 7.42. The molecular formula is C14H17ClFN3. The van der Waals surface area contributed by atoms with Crippen LogP contribution < -0.4 is 5.32 Å². The van der Waals surface area contributed by atoms with Crippen LogP contribution in [0.4, 0.5) is 10.1 Å². The SMILES string of the molecule is CNc1cnn([C@H]2C[C@H](c3ccc(F)cc3)C2)c1.Cl. The molecule has 1 aromatic heterocycles. The second-order valence-corrected chi connectivity index (χ2v) is 4.83. The van der Waals surface area contributed by atoms with Gasteiger partial charge < -0.3 is 5.32 Å². The van der Waals surface area contributed by atoms with Crippen molar-refractivity contribution in [1.29, 1.82) is 0 Å². The van der Waals surface area contributed by atoms with Crippen LogP contribution >= 0.6 is 12.4 Å². The van der Waals surface area contributed by atoms with Crippen molar-refractivity contribution in [3.8, 4) is 0 Å². The third kappa shape index (κ3) is 2.73. The third-order valence-electron chi connectivity index (χ3n) is 3.72. The summed E-state index contributed by atoms with van der Waals surface area (Å²) in [5.41, 5.74) is 2.27. The lowest BCUT2D eigenvalue weighted by molar-refractivity contribution is 0.245. The van der Waals surface area contributed by atoms with Crippen molar-refractivity contribution in [2.45, 2.75) is 24.8 Å². The Labute approximate surface area is 118 Å². The Kier molecular flexibility index (Phi) is 4.10. The van der Waals surface area contributed by atoms with E-state index >= 15 is 0 Å². The maximum atomic E-state index is 12.8. The lowest BCUT2D eigenvalue weighted by Crippen LogP contribution is -2.25. The summed E-state index contributed by atoms with van der Waals surface area (Å²) >= 11 is 0. The van der Waals surface area contributed by atoms with Gasteiger partial charge in [-0.3, -0.25) is 4.68 Å². The average Bonchev–Trinajstić information content (AvgIpc) is 2.78.